The third-order valence-corrected chi connectivity index (χ3v) is 5.50. The Bertz CT molecular complexity index is 1180. The average molecular weight is 432 g/mol. The van der Waals surface area contributed by atoms with Crippen molar-refractivity contribution in [3.8, 4) is 22.9 Å². The van der Waals surface area contributed by atoms with Gasteiger partial charge in [-0.3, -0.25) is 10.1 Å². The third kappa shape index (κ3) is 4.99. The lowest BCUT2D eigenvalue weighted by molar-refractivity contribution is -0.385. The molecule has 0 radical (unpaired) electrons. The van der Waals surface area contributed by atoms with E-state index in [1.807, 2.05) is 0 Å². The van der Waals surface area contributed by atoms with Gasteiger partial charge in [-0.05, 0) is 57.2 Å². The van der Waals surface area contributed by atoms with E-state index in [1.165, 1.54) is 12.1 Å². The molecule has 1 N–H and O–H groups in total. The first kappa shape index (κ1) is 21.4. The molecule has 0 fully saturated rings. The molecule has 0 aliphatic heterocycles. The Morgan fingerprint density at radius 1 is 1.13 bits per heavy atom. The molecular formula is C19H20N4O6S. The molecule has 0 bridgehead atoms. The highest BCUT2D eigenvalue weighted by molar-refractivity contribution is 7.89. The maximum atomic E-state index is 12.5. The van der Waals surface area contributed by atoms with Crippen LogP contribution in [0.25, 0.3) is 11.4 Å². The van der Waals surface area contributed by atoms with Gasteiger partial charge < -0.3 is 9.26 Å². The molecule has 0 saturated heterocycles. The summed E-state index contributed by atoms with van der Waals surface area (Å²) in [7, 11) is -3.93. The van der Waals surface area contributed by atoms with E-state index in [0.29, 0.717) is 23.0 Å². The van der Waals surface area contributed by atoms with Gasteiger partial charge in [0.25, 0.3) is 0 Å². The van der Waals surface area contributed by atoms with Crippen LogP contribution in [0.2, 0.25) is 0 Å². The fraction of sp³-hybridized carbons (Fsp3) is 0.263. The van der Waals surface area contributed by atoms with Crippen LogP contribution in [0.5, 0.6) is 11.5 Å². The van der Waals surface area contributed by atoms with Gasteiger partial charge in [-0.1, -0.05) is 5.16 Å². The number of hydrogen-bond donors (Lipinski definition) is 1. The van der Waals surface area contributed by atoms with E-state index in [-0.39, 0.29) is 10.6 Å². The van der Waals surface area contributed by atoms with Crippen molar-refractivity contribution in [2.45, 2.75) is 38.1 Å². The van der Waals surface area contributed by atoms with Crippen molar-refractivity contribution in [2.24, 2.45) is 0 Å². The molecule has 0 saturated carbocycles. The van der Waals surface area contributed by atoms with Crippen LogP contribution in [0.3, 0.4) is 0 Å². The van der Waals surface area contributed by atoms with E-state index in [9.17, 15) is 18.5 Å². The summed E-state index contributed by atoms with van der Waals surface area (Å²) in [5.41, 5.74) is -0.519. The highest BCUT2D eigenvalue weighted by Crippen LogP contribution is 2.34. The second-order valence-corrected chi connectivity index (χ2v) is 9.19. The number of sulfonamides is 1. The first-order valence-electron chi connectivity index (χ1n) is 8.86. The molecule has 1 aromatic heterocycles. The van der Waals surface area contributed by atoms with Crippen molar-refractivity contribution in [2.75, 3.05) is 0 Å². The van der Waals surface area contributed by atoms with Gasteiger partial charge in [0.15, 0.2) is 0 Å². The van der Waals surface area contributed by atoms with Gasteiger partial charge in [0.2, 0.25) is 27.5 Å². The molecule has 11 heteroatoms. The van der Waals surface area contributed by atoms with E-state index in [0.717, 1.165) is 6.07 Å². The number of nitro benzene ring substituents is 1. The standard InChI is InChI=1S/C19H20N4O6S/c1-12-20-18(21-29-12)13-5-7-14(8-6-13)28-17-10-9-15(11-16(17)23(24)25)30(26,27)22-19(2,3)4/h5-11,22H,1-4H3. The lowest BCUT2D eigenvalue weighted by atomic mass is 10.1. The predicted molar refractivity (Wildman–Crippen MR) is 108 cm³/mol. The zero-order valence-corrected chi connectivity index (χ0v) is 17.6. The summed E-state index contributed by atoms with van der Waals surface area (Å²) < 4.78 is 38.0. The third-order valence-electron chi connectivity index (χ3n) is 3.75. The van der Waals surface area contributed by atoms with Crippen LogP contribution >= 0.6 is 0 Å². The summed E-state index contributed by atoms with van der Waals surface area (Å²) in [6.07, 6.45) is 0. The van der Waals surface area contributed by atoms with Crippen molar-refractivity contribution in [3.05, 3.63) is 58.5 Å². The molecule has 0 atom stereocenters. The fourth-order valence-electron chi connectivity index (χ4n) is 2.57. The van der Waals surface area contributed by atoms with Gasteiger partial charge in [-0.2, -0.15) is 4.98 Å². The number of nitro groups is 1. The zero-order chi connectivity index (χ0) is 22.1. The van der Waals surface area contributed by atoms with E-state index >= 15 is 0 Å². The van der Waals surface area contributed by atoms with Crippen molar-refractivity contribution < 1.29 is 22.6 Å². The average Bonchev–Trinajstić information content (AvgIpc) is 3.07. The molecule has 158 valence electrons. The summed E-state index contributed by atoms with van der Waals surface area (Å²) >= 11 is 0. The smallest absolute Gasteiger partial charge is 0.312 e. The van der Waals surface area contributed by atoms with Crippen LogP contribution in [0, 0.1) is 17.0 Å². The first-order valence-corrected chi connectivity index (χ1v) is 10.3. The van der Waals surface area contributed by atoms with Gasteiger partial charge >= 0.3 is 5.69 Å². The molecule has 0 amide bonds. The van der Waals surface area contributed by atoms with Crippen LogP contribution < -0.4 is 9.46 Å². The Hall–Kier alpha value is -3.31. The van der Waals surface area contributed by atoms with Gasteiger partial charge in [0.1, 0.15) is 5.75 Å². The van der Waals surface area contributed by atoms with Crippen molar-refractivity contribution in [1.82, 2.24) is 14.9 Å². The maximum absolute atomic E-state index is 12.5. The topological polar surface area (TPSA) is 137 Å². The molecule has 0 unspecified atom stereocenters. The Kier molecular flexibility index (Phi) is 5.59. The normalized spacial score (nSPS) is 12.0. The van der Waals surface area contributed by atoms with Gasteiger partial charge in [0.05, 0.1) is 9.82 Å². The number of benzene rings is 2. The summed E-state index contributed by atoms with van der Waals surface area (Å²) in [6.45, 7) is 6.70. The second-order valence-electron chi connectivity index (χ2n) is 7.51. The highest BCUT2D eigenvalue weighted by Gasteiger charge is 2.26. The second kappa shape index (κ2) is 7.84. The minimum absolute atomic E-state index is 0.0853. The van der Waals surface area contributed by atoms with Crippen LogP contribution in [0.4, 0.5) is 5.69 Å². The molecule has 10 nitrogen and oxygen atoms in total. The Balaban J connectivity index is 1.88. The van der Waals surface area contributed by atoms with Crippen LogP contribution in [-0.4, -0.2) is 29.0 Å². The van der Waals surface area contributed by atoms with E-state index in [2.05, 4.69) is 14.9 Å². The minimum atomic E-state index is -3.93. The minimum Gasteiger partial charge on any atom is -0.450 e. The molecule has 30 heavy (non-hydrogen) atoms. The largest absolute Gasteiger partial charge is 0.450 e. The molecule has 1 heterocycles. The summed E-state index contributed by atoms with van der Waals surface area (Å²) in [5.74, 6) is 1.08. The highest BCUT2D eigenvalue weighted by atomic mass is 32.2. The molecule has 2 aromatic carbocycles. The lowest BCUT2D eigenvalue weighted by Gasteiger charge is -2.20. The number of aromatic nitrogens is 2. The molecular weight excluding hydrogens is 412 g/mol. The fourth-order valence-corrected chi connectivity index (χ4v) is 4.01. The molecule has 3 aromatic rings. The summed E-state index contributed by atoms with van der Waals surface area (Å²) in [6, 6.07) is 10.0. The van der Waals surface area contributed by atoms with E-state index in [4.69, 9.17) is 9.26 Å². The SMILES string of the molecule is Cc1nc(-c2ccc(Oc3ccc(S(=O)(=O)NC(C)(C)C)cc3[N+](=O)[O-])cc2)no1. The zero-order valence-electron chi connectivity index (χ0n) is 16.7. The van der Waals surface area contributed by atoms with Crippen LogP contribution in [0.1, 0.15) is 26.7 Å². The molecule has 0 spiro atoms. The van der Waals surface area contributed by atoms with Crippen molar-refractivity contribution >= 4 is 15.7 Å². The predicted octanol–water partition coefficient (Wildman–Crippen LogP) is 3.82. The van der Waals surface area contributed by atoms with Crippen LogP contribution in [0.15, 0.2) is 51.9 Å². The van der Waals surface area contributed by atoms with Gasteiger partial charge in [-0.15, -0.1) is 0 Å². The number of aryl methyl sites for hydroxylation is 1. The van der Waals surface area contributed by atoms with Crippen molar-refractivity contribution in [3.63, 3.8) is 0 Å². The summed E-state index contributed by atoms with van der Waals surface area (Å²) in [5, 5.41) is 15.3. The maximum Gasteiger partial charge on any atom is 0.312 e. The van der Waals surface area contributed by atoms with E-state index in [1.54, 1.807) is 52.0 Å². The van der Waals surface area contributed by atoms with Crippen LogP contribution in [-0.2, 0) is 10.0 Å². The molecule has 0 aliphatic carbocycles. The molecule has 0 aliphatic rings. The van der Waals surface area contributed by atoms with Gasteiger partial charge in [-0.25, -0.2) is 13.1 Å². The van der Waals surface area contributed by atoms with E-state index < -0.39 is 26.2 Å². The number of nitrogens with one attached hydrogen (secondary N) is 1. The number of hydrogen-bond acceptors (Lipinski definition) is 8. The number of nitrogens with zero attached hydrogens (tertiary/aromatic N) is 3. The monoisotopic (exact) mass is 432 g/mol. The Morgan fingerprint density at radius 2 is 1.80 bits per heavy atom. The Labute approximate surface area is 173 Å². The summed E-state index contributed by atoms with van der Waals surface area (Å²) in [4.78, 5) is 14.7. The quantitative estimate of drug-likeness (QED) is 0.458. The Morgan fingerprint density at radius 3 is 2.33 bits per heavy atom. The van der Waals surface area contributed by atoms with Crippen molar-refractivity contribution in [1.29, 1.82) is 0 Å². The van der Waals surface area contributed by atoms with Gasteiger partial charge in [0, 0.05) is 24.1 Å². The number of rotatable bonds is 6. The first-order chi connectivity index (χ1) is 13.9. The lowest BCUT2D eigenvalue weighted by Crippen LogP contribution is -2.40. The number of ether oxygens (including phenoxy) is 1. The molecule has 3 rings (SSSR count).